The molecule has 1 aliphatic rings. The number of aromatic nitrogens is 1. The molecular formula is C9H9BrFNO2. The standard InChI is InChI=1S/C9H9BrFNO2/c1-13-9(4-14-5-9)8-6(10)2-12-3-7(8)11/h2-3H,4-5H2,1H3. The first-order chi connectivity index (χ1) is 6.69. The van der Waals surface area contributed by atoms with Gasteiger partial charge in [-0.1, -0.05) is 0 Å². The van der Waals surface area contributed by atoms with E-state index >= 15 is 0 Å². The SMILES string of the molecule is COC1(c2c(F)cncc2Br)COC1. The van der Waals surface area contributed by atoms with Gasteiger partial charge in [0.05, 0.1) is 19.4 Å². The van der Waals surface area contributed by atoms with Crippen LogP contribution in [0.3, 0.4) is 0 Å². The van der Waals surface area contributed by atoms with E-state index in [0.717, 1.165) is 0 Å². The average molecular weight is 262 g/mol. The molecule has 0 unspecified atom stereocenters. The topological polar surface area (TPSA) is 31.4 Å². The van der Waals surface area contributed by atoms with E-state index in [0.29, 0.717) is 23.2 Å². The van der Waals surface area contributed by atoms with E-state index in [-0.39, 0.29) is 5.82 Å². The number of halogens is 2. The molecule has 1 aromatic heterocycles. The largest absolute Gasteiger partial charge is 0.375 e. The monoisotopic (exact) mass is 261 g/mol. The third kappa shape index (κ3) is 1.36. The Kier molecular flexibility index (Phi) is 2.55. The molecule has 2 rings (SSSR count). The molecule has 0 saturated carbocycles. The van der Waals surface area contributed by atoms with Crippen molar-refractivity contribution in [1.82, 2.24) is 4.98 Å². The molecule has 1 saturated heterocycles. The van der Waals surface area contributed by atoms with Gasteiger partial charge in [-0.25, -0.2) is 4.39 Å². The zero-order chi connectivity index (χ0) is 10.2. The van der Waals surface area contributed by atoms with E-state index in [1.54, 1.807) is 13.3 Å². The molecule has 0 bridgehead atoms. The zero-order valence-corrected chi connectivity index (χ0v) is 9.17. The lowest BCUT2D eigenvalue weighted by Crippen LogP contribution is -2.49. The molecule has 5 heteroatoms. The number of methoxy groups -OCH3 is 1. The quantitative estimate of drug-likeness (QED) is 0.815. The Hall–Kier alpha value is -0.520. The van der Waals surface area contributed by atoms with Crippen LogP contribution in [-0.2, 0) is 15.1 Å². The van der Waals surface area contributed by atoms with E-state index in [1.807, 2.05) is 0 Å². The van der Waals surface area contributed by atoms with Crippen LogP contribution in [0.1, 0.15) is 5.56 Å². The van der Waals surface area contributed by atoms with E-state index in [4.69, 9.17) is 9.47 Å². The summed E-state index contributed by atoms with van der Waals surface area (Å²) >= 11 is 3.26. The van der Waals surface area contributed by atoms with Gasteiger partial charge in [0.25, 0.3) is 0 Å². The molecule has 3 nitrogen and oxygen atoms in total. The van der Waals surface area contributed by atoms with Crippen molar-refractivity contribution in [2.24, 2.45) is 0 Å². The summed E-state index contributed by atoms with van der Waals surface area (Å²) in [5.41, 5.74) is -0.160. The van der Waals surface area contributed by atoms with Gasteiger partial charge < -0.3 is 9.47 Å². The van der Waals surface area contributed by atoms with Crippen molar-refractivity contribution >= 4 is 15.9 Å². The molecule has 1 fully saturated rings. The predicted octanol–water partition coefficient (Wildman–Crippen LogP) is 1.86. The molecule has 0 atom stereocenters. The van der Waals surface area contributed by atoms with Crippen LogP contribution in [-0.4, -0.2) is 25.3 Å². The van der Waals surface area contributed by atoms with Crippen molar-refractivity contribution in [3.63, 3.8) is 0 Å². The molecule has 1 aromatic rings. The van der Waals surface area contributed by atoms with Crippen LogP contribution in [0.2, 0.25) is 0 Å². The summed E-state index contributed by atoms with van der Waals surface area (Å²) in [6.45, 7) is 0.756. The van der Waals surface area contributed by atoms with Gasteiger partial charge in [0.2, 0.25) is 0 Å². The Morgan fingerprint density at radius 3 is 2.71 bits per heavy atom. The average Bonchev–Trinajstić information content (AvgIpc) is 2.08. The summed E-state index contributed by atoms with van der Waals surface area (Å²) in [5.74, 6) is -0.371. The highest BCUT2D eigenvalue weighted by Crippen LogP contribution is 2.38. The Balaban J connectivity index is 2.49. The number of pyridine rings is 1. The van der Waals surface area contributed by atoms with Crippen LogP contribution in [0.15, 0.2) is 16.9 Å². The lowest BCUT2D eigenvalue weighted by Gasteiger charge is -2.40. The fourth-order valence-corrected chi connectivity index (χ4v) is 2.17. The molecule has 0 N–H and O–H groups in total. The number of hydrogen-bond acceptors (Lipinski definition) is 3. The summed E-state index contributed by atoms with van der Waals surface area (Å²) in [6, 6.07) is 0. The van der Waals surface area contributed by atoms with Crippen molar-refractivity contribution in [3.8, 4) is 0 Å². The van der Waals surface area contributed by atoms with Gasteiger partial charge in [0.15, 0.2) is 0 Å². The molecule has 0 amide bonds. The third-order valence-corrected chi connectivity index (χ3v) is 2.97. The molecule has 76 valence electrons. The molecule has 0 radical (unpaired) electrons. The van der Waals surface area contributed by atoms with Crippen LogP contribution >= 0.6 is 15.9 Å². The molecular weight excluding hydrogens is 253 g/mol. The summed E-state index contributed by atoms with van der Waals surface area (Å²) in [5, 5.41) is 0. The Bertz CT molecular complexity index is 329. The molecule has 1 aliphatic heterocycles. The van der Waals surface area contributed by atoms with Gasteiger partial charge in [-0.2, -0.15) is 0 Å². The zero-order valence-electron chi connectivity index (χ0n) is 7.59. The molecule has 0 aliphatic carbocycles. The van der Waals surface area contributed by atoms with Gasteiger partial charge in [0, 0.05) is 23.3 Å². The van der Waals surface area contributed by atoms with Crippen LogP contribution < -0.4 is 0 Å². The highest BCUT2D eigenvalue weighted by atomic mass is 79.9. The fraction of sp³-hybridized carbons (Fsp3) is 0.444. The number of hydrogen-bond donors (Lipinski definition) is 0. The van der Waals surface area contributed by atoms with E-state index < -0.39 is 5.60 Å². The first-order valence-corrected chi connectivity index (χ1v) is 4.91. The van der Waals surface area contributed by atoms with Crippen LogP contribution in [0.4, 0.5) is 4.39 Å². The maximum absolute atomic E-state index is 13.5. The summed E-state index contributed by atoms with van der Waals surface area (Å²) in [4.78, 5) is 3.73. The molecule has 14 heavy (non-hydrogen) atoms. The first kappa shape index (κ1) is 10.0. The van der Waals surface area contributed by atoms with E-state index in [2.05, 4.69) is 20.9 Å². The van der Waals surface area contributed by atoms with Crippen LogP contribution in [0.25, 0.3) is 0 Å². The summed E-state index contributed by atoms with van der Waals surface area (Å²) in [6.07, 6.45) is 2.73. The van der Waals surface area contributed by atoms with Crippen LogP contribution in [0.5, 0.6) is 0 Å². The smallest absolute Gasteiger partial charge is 0.148 e. The van der Waals surface area contributed by atoms with Gasteiger partial charge in [-0.05, 0) is 15.9 Å². The van der Waals surface area contributed by atoms with Crippen LogP contribution in [0, 0.1) is 5.82 Å². The predicted molar refractivity (Wildman–Crippen MR) is 51.4 cm³/mol. The minimum atomic E-state index is -0.647. The van der Waals surface area contributed by atoms with Gasteiger partial charge in [0.1, 0.15) is 11.4 Å². The Morgan fingerprint density at radius 1 is 1.57 bits per heavy atom. The minimum Gasteiger partial charge on any atom is -0.375 e. The summed E-state index contributed by atoms with van der Waals surface area (Å²) in [7, 11) is 1.55. The van der Waals surface area contributed by atoms with Gasteiger partial charge in [-0.3, -0.25) is 4.98 Å². The maximum Gasteiger partial charge on any atom is 0.148 e. The lowest BCUT2D eigenvalue weighted by atomic mass is 9.92. The highest BCUT2D eigenvalue weighted by Gasteiger charge is 2.44. The second-order valence-corrected chi connectivity index (χ2v) is 4.02. The first-order valence-electron chi connectivity index (χ1n) is 4.12. The van der Waals surface area contributed by atoms with Gasteiger partial charge >= 0.3 is 0 Å². The second kappa shape index (κ2) is 3.56. The van der Waals surface area contributed by atoms with E-state index in [9.17, 15) is 4.39 Å². The third-order valence-electron chi connectivity index (χ3n) is 2.37. The number of nitrogens with zero attached hydrogens (tertiary/aromatic N) is 1. The summed E-state index contributed by atoms with van der Waals surface area (Å²) < 4.78 is 24.5. The Morgan fingerprint density at radius 2 is 2.29 bits per heavy atom. The van der Waals surface area contributed by atoms with Gasteiger partial charge in [-0.15, -0.1) is 0 Å². The molecule has 0 spiro atoms. The number of ether oxygens (including phenoxy) is 2. The van der Waals surface area contributed by atoms with E-state index in [1.165, 1.54) is 6.20 Å². The van der Waals surface area contributed by atoms with Crippen molar-refractivity contribution in [1.29, 1.82) is 0 Å². The van der Waals surface area contributed by atoms with Crippen molar-refractivity contribution in [3.05, 3.63) is 28.2 Å². The molecule has 2 heterocycles. The lowest BCUT2D eigenvalue weighted by molar-refractivity contribution is -0.204. The fourth-order valence-electron chi connectivity index (χ4n) is 1.50. The van der Waals surface area contributed by atoms with Crippen molar-refractivity contribution < 1.29 is 13.9 Å². The maximum atomic E-state index is 13.5. The van der Waals surface area contributed by atoms with Crippen molar-refractivity contribution in [2.45, 2.75) is 5.60 Å². The normalized spacial score (nSPS) is 19.1. The Labute approximate surface area is 89.4 Å². The second-order valence-electron chi connectivity index (χ2n) is 3.17. The molecule has 0 aromatic carbocycles. The number of rotatable bonds is 2. The highest BCUT2D eigenvalue weighted by molar-refractivity contribution is 9.10. The van der Waals surface area contributed by atoms with Crippen molar-refractivity contribution in [2.75, 3.05) is 20.3 Å². The minimum absolute atomic E-state index is 0.371.